The fourth-order valence-corrected chi connectivity index (χ4v) is 2.51. The maximum atomic E-state index is 5.72. The number of ether oxygens (including phenoxy) is 1. The Bertz CT molecular complexity index is 147. The first-order valence-corrected chi connectivity index (χ1v) is 5.44. The van der Waals surface area contributed by atoms with Crippen molar-refractivity contribution in [2.24, 2.45) is 11.8 Å². The summed E-state index contributed by atoms with van der Waals surface area (Å²) in [5, 5.41) is 0. The van der Waals surface area contributed by atoms with Crippen molar-refractivity contribution in [2.75, 3.05) is 0 Å². The van der Waals surface area contributed by atoms with Crippen LogP contribution in [-0.4, -0.2) is 12.2 Å². The second-order valence-corrected chi connectivity index (χ2v) is 4.71. The summed E-state index contributed by atoms with van der Waals surface area (Å²) < 4.78 is 5.72. The lowest BCUT2D eigenvalue weighted by molar-refractivity contribution is 0.258. The van der Waals surface area contributed by atoms with Crippen LogP contribution >= 0.6 is 0 Å². The van der Waals surface area contributed by atoms with Gasteiger partial charge in [-0.15, -0.1) is 0 Å². The van der Waals surface area contributed by atoms with E-state index in [9.17, 15) is 0 Å². The van der Waals surface area contributed by atoms with Gasteiger partial charge in [-0.25, -0.2) is 0 Å². The third-order valence-corrected chi connectivity index (χ3v) is 3.33. The summed E-state index contributed by atoms with van der Waals surface area (Å²) in [6.45, 7) is 4.54. The Hall–Kier alpha value is -0.0400. The van der Waals surface area contributed by atoms with Crippen molar-refractivity contribution in [2.45, 2.75) is 58.2 Å². The molecule has 1 saturated heterocycles. The molecule has 2 fully saturated rings. The van der Waals surface area contributed by atoms with Crippen molar-refractivity contribution >= 4 is 0 Å². The molecule has 70 valence electrons. The van der Waals surface area contributed by atoms with Gasteiger partial charge < -0.3 is 4.74 Å². The molecule has 1 saturated carbocycles. The lowest BCUT2D eigenvalue weighted by Crippen LogP contribution is -2.16. The summed E-state index contributed by atoms with van der Waals surface area (Å²) in [6, 6.07) is 0. The predicted octanol–water partition coefficient (Wildman–Crippen LogP) is 2.99. The summed E-state index contributed by atoms with van der Waals surface area (Å²) >= 11 is 0. The Labute approximate surface area is 75.5 Å². The molecule has 2 aliphatic rings. The van der Waals surface area contributed by atoms with Gasteiger partial charge in [-0.05, 0) is 24.7 Å². The number of rotatable bonds is 2. The molecule has 1 heteroatoms. The molecule has 0 bridgehead atoms. The van der Waals surface area contributed by atoms with Crippen LogP contribution < -0.4 is 0 Å². The summed E-state index contributed by atoms with van der Waals surface area (Å²) in [6.07, 6.45) is 8.43. The molecular weight excluding hydrogens is 148 g/mol. The first-order chi connectivity index (χ1) is 5.79. The first kappa shape index (κ1) is 8.55. The minimum Gasteiger partial charge on any atom is -0.369 e. The van der Waals surface area contributed by atoms with E-state index in [1.807, 2.05) is 0 Å². The lowest BCUT2D eigenvalue weighted by Gasteiger charge is -2.19. The largest absolute Gasteiger partial charge is 0.369 e. The van der Waals surface area contributed by atoms with E-state index in [0.717, 1.165) is 11.8 Å². The molecule has 1 heterocycles. The molecule has 0 aromatic carbocycles. The topological polar surface area (TPSA) is 12.5 Å². The van der Waals surface area contributed by atoms with Gasteiger partial charge in [0.05, 0.1) is 12.2 Å². The van der Waals surface area contributed by atoms with Gasteiger partial charge in [0.2, 0.25) is 0 Å². The van der Waals surface area contributed by atoms with Crippen LogP contribution in [0.25, 0.3) is 0 Å². The SMILES string of the molecule is CC(C)C1OC1C1CCCCC1. The van der Waals surface area contributed by atoms with E-state index in [1.165, 1.54) is 32.1 Å². The van der Waals surface area contributed by atoms with Gasteiger partial charge in [0.1, 0.15) is 0 Å². The molecule has 2 rings (SSSR count). The molecule has 0 N–H and O–H groups in total. The maximum absolute atomic E-state index is 5.72. The number of hydrogen-bond donors (Lipinski definition) is 0. The van der Waals surface area contributed by atoms with Crippen LogP contribution in [0.15, 0.2) is 0 Å². The Balaban J connectivity index is 1.79. The van der Waals surface area contributed by atoms with Gasteiger partial charge in [-0.1, -0.05) is 33.1 Å². The van der Waals surface area contributed by atoms with Crippen molar-refractivity contribution in [3.8, 4) is 0 Å². The Morgan fingerprint density at radius 1 is 1.08 bits per heavy atom. The highest BCUT2D eigenvalue weighted by molar-refractivity contribution is 4.93. The molecule has 2 atom stereocenters. The van der Waals surface area contributed by atoms with E-state index in [1.54, 1.807) is 0 Å². The fraction of sp³-hybridized carbons (Fsp3) is 1.00. The van der Waals surface area contributed by atoms with Crippen molar-refractivity contribution in [1.29, 1.82) is 0 Å². The van der Waals surface area contributed by atoms with Crippen LogP contribution in [0.5, 0.6) is 0 Å². The smallest absolute Gasteiger partial charge is 0.0872 e. The van der Waals surface area contributed by atoms with Crippen LogP contribution in [0.3, 0.4) is 0 Å². The van der Waals surface area contributed by atoms with Crippen molar-refractivity contribution in [3.63, 3.8) is 0 Å². The van der Waals surface area contributed by atoms with Gasteiger partial charge in [-0.2, -0.15) is 0 Å². The van der Waals surface area contributed by atoms with Gasteiger partial charge in [0, 0.05) is 0 Å². The zero-order chi connectivity index (χ0) is 8.55. The zero-order valence-corrected chi connectivity index (χ0v) is 8.25. The molecule has 2 unspecified atom stereocenters. The molecule has 1 nitrogen and oxygen atoms in total. The van der Waals surface area contributed by atoms with Crippen LogP contribution in [0.2, 0.25) is 0 Å². The summed E-state index contributed by atoms with van der Waals surface area (Å²) in [5.74, 6) is 1.64. The standard InChI is InChI=1S/C11H20O/c1-8(2)10-11(12-10)9-6-4-3-5-7-9/h8-11H,3-7H2,1-2H3. The van der Waals surface area contributed by atoms with E-state index < -0.39 is 0 Å². The number of epoxide rings is 1. The molecule has 0 amide bonds. The Morgan fingerprint density at radius 2 is 1.75 bits per heavy atom. The molecule has 1 aliphatic carbocycles. The summed E-state index contributed by atoms with van der Waals surface area (Å²) in [5.41, 5.74) is 0. The molecular formula is C11H20O. The molecule has 0 aromatic rings. The summed E-state index contributed by atoms with van der Waals surface area (Å²) in [4.78, 5) is 0. The quantitative estimate of drug-likeness (QED) is 0.577. The average molecular weight is 168 g/mol. The van der Waals surface area contributed by atoms with E-state index in [2.05, 4.69) is 13.8 Å². The van der Waals surface area contributed by atoms with Crippen LogP contribution in [0.4, 0.5) is 0 Å². The third-order valence-electron chi connectivity index (χ3n) is 3.33. The highest BCUT2D eigenvalue weighted by Crippen LogP contribution is 2.41. The molecule has 0 radical (unpaired) electrons. The zero-order valence-electron chi connectivity index (χ0n) is 8.25. The van der Waals surface area contributed by atoms with Crippen LogP contribution in [0.1, 0.15) is 46.0 Å². The Kier molecular flexibility index (Phi) is 2.40. The highest BCUT2D eigenvalue weighted by Gasteiger charge is 2.46. The Morgan fingerprint density at radius 3 is 2.25 bits per heavy atom. The van der Waals surface area contributed by atoms with Gasteiger partial charge in [-0.3, -0.25) is 0 Å². The van der Waals surface area contributed by atoms with Gasteiger partial charge in [0.15, 0.2) is 0 Å². The lowest BCUT2D eigenvalue weighted by atomic mass is 9.84. The molecule has 12 heavy (non-hydrogen) atoms. The van der Waals surface area contributed by atoms with Crippen LogP contribution in [-0.2, 0) is 4.74 Å². The summed E-state index contributed by atoms with van der Waals surface area (Å²) in [7, 11) is 0. The predicted molar refractivity (Wildman–Crippen MR) is 50.1 cm³/mol. The average Bonchev–Trinajstić information content (AvgIpc) is 2.84. The van der Waals surface area contributed by atoms with Crippen LogP contribution in [0, 0.1) is 11.8 Å². The van der Waals surface area contributed by atoms with E-state index in [-0.39, 0.29) is 0 Å². The normalized spacial score (nSPS) is 37.2. The third kappa shape index (κ3) is 1.66. The van der Waals surface area contributed by atoms with Crippen molar-refractivity contribution < 1.29 is 4.74 Å². The second kappa shape index (κ2) is 3.37. The maximum Gasteiger partial charge on any atom is 0.0872 e. The van der Waals surface area contributed by atoms with Gasteiger partial charge in [0.25, 0.3) is 0 Å². The van der Waals surface area contributed by atoms with Crippen molar-refractivity contribution in [1.82, 2.24) is 0 Å². The van der Waals surface area contributed by atoms with E-state index in [4.69, 9.17) is 4.74 Å². The van der Waals surface area contributed by atoms with Crippen molar-refractivity contribution in [3.05, 3.63) is 0 Å². The van der Waals surface area contributed by atoms with Gasteiger partial charge >= 0.3 is 0 Å². The second-order valence-electron chi connectivity index (χ2n) is 4.71. The van der Waals surface area contributed by atoms with E-state index in [0.29, 0.717) is 12.2 Å². The fourth-order valence-electron chi connectivity index (χ4n) is 2.51. The number of hydrogen-bond acceptors (Lipinski definition) is 1. The first-order valence-electron chi connectivity index (χ1n) is 5.44. The minimum atomic E-state index is 0.605. The molecule has 0 aromatic heterocycles. The monoisotopic (exact) mass is 168 g/mol. The van der Waals surface area contributed by atoms with E-state index >= 15 is 0 Å². The molecule has 0 spiro atoms. The highest BCUT2D eigenvalue weighted by atomic mass is 16.6. The minimum absolute atomic E-state index is 0.605. The molecule has 1 aliphatic heterocycles.